The van der Waals surface area contributed by atoms with Gasteiger partial charge in [-0.3, -0.25) is 4.57 Å². The summed E-state index contributed by atoms with van der Waals surface area (Å²) in [7, 11) is 0. The van der Waals surface area contributed by atoms with Gasteiger partial charge >= 0.3 is 5.69 Å². The Bertz CT molecular complexity index is 694. The van der Waals surface area contributed by atoms with Crippen LogP contribution in [0, 0.1) is 0 Å². The number of nitrogens with two attached hydrogens (primary N) is 1. The average molecular weight is 306 g/mol. The van der Waals surface area contributed by atoms with Crippen molar-refractivity contribution in [3.8, 4) is 5.75 Å². The molecule has 0 saturated heterocycles. The van der Waals surface area contributed by atoms with Gasteiger partial charge in [-0.1, -0.05) is 30.0 Å². The van der Waals surface area contributed by atoms with Gasteiger partial charge in [0.2, 0.25) is 0 Å². The normalized spacial score (nSPS) is 21.1. The molecule has 0 fully saturated rings. The first-order valence-electron chi connectivity index (χ1n) is 6.89. The number of thioether (sulfide) groups is 1. The van der Waals surface area contributed by atoms with Gasteiger partial charge in [-0.2, -0.15) is 0 Å². The van der Waals surface area contributed by atoms with E-state index in [2.05, 4.69) is 10.2 Å². The number of ether oxygens (including phenoxy) is 1. The maximum absolute atomic E-state index is 11.8. The van der Waals surface area contributed by atoms with E-state index in [9.17, 15) is 4.79 Å². The van der Waals surface area contributed by atoms with E-state index in [1.54, 1.807) is 4.57 Å². The number of hydrogen-bond donors (Lipinski definition) is 2. The lowest BCUT2D eigenvalue weighted by Crippen LogP contribution is -2.34. The van der Waals surface area contributed by atoms with Gasteiger partial charge < -0.3 is 10.5 Å². The molecule has 0 bridgehead atoms. The van der Waals surface area contributed by atoms with E-state index >= 15 is 0 Å². The summed E-state index contributed by atoms with van der Waals surface area (Å²) in [5.41, 5.74) is 7.14. The number of fused-ring (bicyclic) bond motifs is 1. The number of nitrogens with one attached hydrogen (secondary N) is 1. The van der Waals surface area contributed by atoms with Crippen molar-refractivity contribution in [1.29, 1.82) is 0 Å². The van der Waals surface area contributed by atoms with Gasteiger partial charge in [0.1, 0.15) is 12.4 Å². The second-order valence-corrected chi connectivity index (χ2v) is 6.51. The van der Waals surface area contributed by atoms with E-state index < -0.39 is 0 Å². The Hall–Kier alpha value is -1.73. The lowest BCUT2D eigenvalue weighted by molar-refractivity contribution is 0.275. The monoisotopic (exact) mass is 306 g/mol. The highest BCUT2D eigenvalue weighted by Gasteiger charge is 2.30. The van der Waals surface area contributed by atoms with Gasteiger partial charge in [-0.25, -0.2) is 9.89 Å². The predicted octanol–water partition coefficient (Wildman–Crippen LogP) is 1.71. The number of aromatic amines is 1. The van der Waals surface area contributed by atoms with Crippen molar-refractivity contribution >= 4 is 11.8 Å². The van der Waals surface area contributed by atoms with E-state index in [1.165, 1.54) is 11.8 Å². The molecule has 3 rings (SSSR count). The highest BCUT2D eigenvalue weighted by Crippen LogP contribution is 2.37. The summed E-state index contributed by atoms with van der Waals surface area (Å²) in [5, 5.41) is 7.27. The quantitative estimate of drug-likeness (QED) is 0.901. The molecule has 1 aliphatic rings. The summed E-state index contributed by atoms with van der Waals surface area (Å²) in [5.74, 6) is 0.838. The molecular weight excluding hydrogens is 288 g/mol. The first-order valence-corrected chi connectivity index (χ1v) is 7.76. The van der Waals surface area contributed by atoms with Crippen LogP contribution in [-0.4, -0.2) is 26.6 Å². The number of hydrogen-bond acceptors (Lipinski definition) is 5. The number of rotatable bonds is 3. The zero-order valence-electron chi connectivity index (χ0n) is 11.9. The summed E-state index contributed by atoms with van der Waals surface area (Å²) in [4.78, 5) is 11.8. The largest absolute Gasteiger partial charge is 0.492 e. The maximum Gasteiger partial charge on any atom is 0.344 e. The fourth-order valence-corrected chi connectivity index (χ4v) is 3.64. The van der Waals surface area contributed by atoms with Gasteiger partial charge in [-0.15, -0.1) is 5.10 Å². The van der Waals surface area contributed by atoms with E-state index in [1.807, 2.05) is 38.1 Å². The molecule has 2 unspecified atom stereocenters. The van der Waals surface area contributed by atoms with Gasteiger partial charge in [0, 0.05) is 17.6 Å². The molecule has 0 saturated carbocycles. The minimum atomic E-state index is -0.196. The highest BCUT2D eigenvalue weighted by molar-refractivity contribution is 7.99. The zero-order valence-corrected chi connectivity index (χ0v) is 12.8. The lowest BCUT2D eigenvalue weighted by atomic mass is 10.0. The van der Waals surface area contributed by atoms with Crippen LogP contribution in [-0.2, 0) is 0 Å². The maximum atomic E-state index is 11.8. The second kappa shape index (κ2) is 5.57. The van der Waals surface area contributed by atoms with Gasteiger partial charge in [0.15, 0.2) is 5.16 Å². The lowest BCUT2D eigenvalue weighted by Gasteiger charge is -2.30. The number of nitrogens with zero attached hydrogens (tertiary/aromatic N) is 2. The summed E-state index contributed by atoms with van der Waals surface area (Å²) in [6.45, 7) is 4.41. The van der Waals surface area contributed by atoms with Gasteiger partial charge in [0.25, 0.3) is 0 Å². The van der Waals surface area contributed by atoms with Gasteiger partial charge in [-0.05, 0) is 19.9 Å². The highest BCUT2D eigenvalue weighted by atomic mass is 32.2. The molecule has 2 heterocycles. The van der Waals surface area contributed by atoms with E-state index in [4.69, 9.17) is 10.5 Å². The van der Waals surface area contributed by atoms with Crippen LogP contribution in [0.5, 0.6) is 5.75 Å². The third-order valence-corrected chi connectivity index (χ3v) is 4.76. The predicted molar refractivity (Wildman–Crippen MR) is 81.7 cm³/mol. The van der Waals surface area contributed by atoms with Crippen molar-refractivity contribution in [2.45, 2.75) is 36.3 Å². The van der Waals surface area contributed by atoms with E-state index in [-0.39, 0.29) is 23.0 Å². The van der Waals surface area contributed by atoms with Crippen LogP contribution in [0.2, 0.25) is 0 Å². The molecule has 112 valence electrons. The Labute approximate surface area is 126 Å². The molecule has 1 aliphatic heterocycles. The Kier molecular flexibility index (Phi) is 3.77. The van der Waals surface area contributed by atoms with Crippen molar-refractivity contribution in [2.75, 3.05) is 6.61 Å². The first kappa shape index (κ1) is 14.2. The van der Waals surface area contributed by atoms with Gasteiger partial charge in [0.05, 0.1) is 5.25 Å². The number of para-hydroxylation sites is 1. The van der Waals surface area contributed by atoms with Crippen LogP contribution in [0.4, 0.5) is 0 Å². The van der Waals surface area contributed by atoms with Crippen LogP contribution >= 0.6 is 11.8 Å². The molecule has 3 N–H and O–H groups in total. The van der Waals surface area contributed by atoms with E-state index in [0.717, 1.165) is 11.3 Å². The number of aromatic nitrogens is 3. The third kappa shape index (κ3) is 2.58. The van der Waals surface area contributed by atoms with Crippen molar-refractivity contribution in [3.05, 3.63) is 40.3 Å². The van der Waals surface area contributed by atoms with Crippen molar-refractivity contribution in [1.82, 2.24) is 14.8 Å². The summed E-state index contributed by atoms with van der Waals surface area (Å²) < 4.78 is 7.40. The minimum Gasteiger partial charge on any atom is -0.492 e. The second-order valence-electron chi connectivity index (χ2n) is 5.31. The van der Waals surface area contributed by atoms with E-state index in [0.29, 0.717) is 11.8 Å². The van der Waals surface area contributed by atoms with Crippen molar-refractivity contribution in [3.63, 3.8) is 0 Å². The molecule has 1 aromatic heterocycles. The van der Waals surface area contributed by atoms with Crippen molar-refractivity contribution in [2.24, 2.45) is 5.73 Å². The molecule has 2 aromatic rings. The standard InChI is InChI=1S/C14H18N4O2S/c1-8(2)18-13(19)16-17-14(18)21-11-7-20-10-6-4-3-5-9(10)12(11)15/h3-6,8,11-12H,7,15H2,1-2H3,(H,16,19). The van der Waals surface area contributed by atoms with Crippen LogP contribution in [0.3, 0.4) is 0 Å². The van der Waals surface area contributed by atoms with Crippen LogP contribution in [0.15, 0.2) is 34.2 Å². The molecule has 6 nitrogen and oxygen atoms in total. The molecular formula is C14H18N4O2S. The Morgan fingerprint density at radius 3 is 3.00 bits per heavy atom. The molecule has 0 spiro atoms. The summed E-state index contributed by atoms with van der Waals surface area (Å²) >= 11 is 1.48. The Balaban J connectivity index is 1.86. The molecule has 0 amide bonds. The topological polar surface area (TPSA) is 85.9 Å². The van der Waals surface area contributed by atoms with Crippen molar-refractivity contribution < 1.29 is 4.74 Å². The Morgan fingerprint density at radius 1 is 1.48 bits per heavy atom. The third-order valence-electron chi connectivity index (χ3n) is 3.53. The van der Waals surface area contributed by atoms with Crippen LogP contribution in [0.25, 0.3) is 0 Å². The molecule has 0 aliphatic carbocycles. The molecule has 1 aromatic carbocycles. The number of benzene rings is 1. The number of H-pyrrole nitrogens is 1. The van der Waals surface area contributed by atoms with Crippen LogP contribution in [0.1, 0.15) is 31.5 Å². The fourth-order valence-electron chi connectivity index (χ4n) is 2.43. The molecule has 0 radical (unpaired) electrons. The first-order chi connectivity index (χ1) is 10.1. The zero-order chi connectivity index (χ0) is 15.0. The molecule has 21 heavy (non-hydrogen) atoms. The molecule has 7 heteroatoms. The van der Waals surface area contributed by atoms with Crippen LogP contribution < -0.4 is 16.2 Å². The average Bonchev–Trinajstić information content (AvgIpc) is 2.83. The smallest absolute Gasteiger partial charge is 0.344 e. The fraction of sp³-hybridized carbons (Fsp3) is 0.429. The molecule has 2 atom stereocenters. The summed E-state index contributed by atoms with van der Waals surface area (Å²) in [6, 6.07) is 7.69. The Morgan fingerprint density at radius 2 is 2.24 bits per heavy atom. The minimum absolute atomic E-state index is 0.0209. The SMILES string of the molecule is CC(C)n1c(SC2COc3ccccc3C2N)n[nH]c1=O. The summed E-state index contributed by atoms with van der Waals surface area (Å²) in [6.07, 6.45) is 0.